The number of rotatable bonds is 5. The SMILES string of the molecule is Cl.Cl.Cn1c(N2CCOC(c3cccc(CN4CCOCC4)c3)C2)nc(-c2ccncc2)cc1=O. The Morgan fingerprint density at radius 3 is 2.54 bits per heavy atom. The average molecular weight is 520 g/mol. The maximum absolute atomic E-state index is 12.7. The largest absolute Gasteiger partial charge is 0.379 e. The summed E-state index contributed by atoms with van der Waals surface area (Å²) in [4.78, 5) is 26.2. The lowest BCUT2D eigenvalue weighted by molar-refractivity contribution is 0.0334. The van der Waals surface area contributed by atoms with E-state index in [-0.39, 0.29) is 36.5 Å². The molecule has 4 heterocycles. The molecule has 0 saturated carbocycles. The second-order valence-electron chi connectivity index (χ2n) is 8.51. The summed E-state index contributed by atoms with van der Waals surface area (Å²) in [5.74, 6) is 0.659. The molecule has 35 heavy (non-hydrogen) atoms. The molecule has 2 aliphatic heterocycles. The monoisotopic (exact) mass is 519 g/mol. The Balaban J connectivity index is 0.00000171. The van der Waals surface area contributed by atoms with Crippen LogP contribution in [0.2, 0.25) is 0 Å². The number of morpholine rings is 2. The van der Waals surface area contributed by atoms with Crippen LogP contribution in [0.4, 0.5) is 5.95 Å². The van der Waals surface area contributed by atoms with E-state index in [0.29, 0.717) is 31.3 Å². The maximum atomic E-state index is 12.7. The number of nitrogens with zero attached hydrogens (tertiary/aromatic N) is 5. The second kappa shape index (κ2) is 12.5. The summed E-state index contributed by atoms with van der Waals surface area (Å²) in [5, 5.41) is 0. The molecule has 8 nitrogen and oxygen atoms in total. The third kappa shape index (κ3) is 6.39. The number of hydrogen-bond donors (Lipinski definition) is 0. The topological polar surface area (TPSA) is 72.7 Å². The zero-order valence-corrected chi connectivity index (χ0v) is 21.3. The normalized spacial score (nSPS) is 18.4. The predicted octanol–water partition coefficient (Wildman–Crippen LogP) is 3.10. The van der Waals surface area contributed by atoms with Gasteiger partial charge in [0.15, 0.2) is 0 Å². The van der Waals surface area contributed by atoms with Gasteiger partial charge < -0.3 is 14.4 Å². The van der Waals surface area contributed by atoms with E-state index >= 15 is 0 Å². The van der Waals surface area contributed by atoms with Gasteiger partial charge in [0.2, 0.25) is 5.95 Å². The molecular weight excluding hydrogens is 489 g/mol. The van der Waals surface area contributed by atoms with Crippen LogP contribution in [0.25, 0.3) is 11.3 Å². The third-order valence-electron chi connectivity index (χ3n) is 6.27. The van der Waals surface area contributed by atoms with Gasteiger partial charge in [-0.15, -0.1) is 24.8 Å². The highest BCUT2D eigenvalue weighted by Crippen LogP contribution is 2.27. The molecule has 3 aromatic rings. The van der Waals surface area contributed by atoms with E-state index in [9.17, 15) is 4.79 Å². The fourth-order valence-corrected chi connectivity index (χ4v) is 4.42. The summed E-state index contributed by atoms with van der Waals surface area (Å²) in [6, 6.07) is 13.9. The highest BCUT2D eigenvalue weighted by Gasteiger charge is 2.25. The lowest BCUT2D eigenvalue weighted by Gasteiger charge is -2.35. The van der Waals surface area contributed by atoms with Gasteiger partial charge >= 0.3 is 0 Å². The van der Waals surface area contributed by atoms with Crippen molar-refractivity contribution in [2.45, 2.75) is 12.6 Å². The van der Waals surface area contributed by atoms with Crippen LogP contribution in [0.15, 0.2) is 59.7 Å². The van der Waals surface area contributed by atoms with Gasteiger partial charge in [-0.3, -0.25) is 19.2 Å². The molecule has 2 aromatic heterocycles. The predicted molar refractivity (Wildman–Crippen MR) is 141 cm³/mol. The van der Waals surface area contributed by atoms with Crippen molar-refractivity contribution in [3.05, 3.63) is 76.3 Å². The van der Waals surface area contributed by atoms with Crippen LogP contribution in [0.1, 0.15) is 17.2 Å². The molecule has 2 saturated heterocycles. The molecule has 0 aliphatic carbocycles. The van der Waals surface area contributed by atoms with Gasteiger partial charge in [0, 0.05) is 57.3 Å². The number of benzene rings is 1. The van der Waals surface area contributed by atoms with Crippen molar-refractivity contribution in [2.75, 3.05) is 50.9 Å². The molecular formula is C25H31Cl2N5O3. The van der Waals surface area contributed by atoms with Crippen LogP contribution in [0.3, 0.4) is 0 Å². The van der Waals surface area contributed by atoms with Crippen LogP contribution < -0.4 is 10.5 Å². The molecule has 1 aromatic carbocycles. The zero-order valence-electron chi connectivity index (χ0n) is 19.7. The van der Waals surface area contributed by atoms with Gasteiger partial charge in [-0.1, -0.05) is 24.3 Å². The number of hydrogen-bond acceptors (Lipinski definition) is 7. The van der Waals surface area contributed by atoms with Crippen molar-refractivity contribution in [2.24, 2.45) is 7.05 Å². The van der Waals surface area contributed by atoms with E-state index in [1.54, 1.807) is 30.1 Å². The van der Waals surface area contributed by atoms with E-state index in [4.69, 9.17) is 14.5 Å². The summed E-state index contributed by atoms with van der Waals surface area (Å²) in [5.41, 5.74) is 3.89. The van der Waals surface area contributed by atoms with Gasteiger partial charge in [-0.05, 0) is 23.3 Å². The van der Waals surface area contributed by atoms with Crippen molar-refractivity contribution < 1.29 is 9.47 Å². The minimum Gasteiger partial charge on any atom is -0.379 e. The first kappa shape index (κ1) is 27.1. The summed E-state index contributed by atoms with van der Waals surface area (Å²) in [7, 11) is 1.77. The molecule has 5 rings (SSSR count). The van der Waals surface area contributed by atoms with Gasteiger partial charge in [-0.2, -0.15) is 0 Å². The number of halogens is 2. The number of aromatic nitrogens is 3. The molecule has 10 heteroatoms. The van der Waals surface area contributed by atoms with E-state index < -0.39 is 0 Å². The van der Waals surface area contributed by atoms with E-state index in [0.717, 1.165) is 44.0 Å². The summed E-state index contributed by atoms with van der Waals surface area (Å²) in [6.07, 6.45) is 3.34. The first-order valence-electron chi connectivity index (χ1n) is 11.4. The first-order chi connectivity index (χ1) is 16.2. The van der Waals surface area contributed by atoms with E-state index in [2.05, 4.69) is 39.0 Å². The minimum absolute atomic E-state index is 0. The standard InChI is InChI=1S/C25H29N5O3.2ClH/c1-28-24(31)16-22(20-5-7-26-8-6-20)27-25(28)30-11-14-33-23(18-30)21-4-2-3-19(15-21)17-29-9-12-32-13-10-29;;/h2-8,15-16,23H,9-14,17-18H2,1H3;2*1H. The van der Waals surface area contributed by atoms with E-state index in [1.807, 2.05) is 12.1 Å². The molecule has 0 bridgehead atoms. The lowest BCUT2D eigenvalue weighted by Crippen LogP contribution is -2.41. The average Bonchev–Trinajstić information content (AvgIpc) is 2.87. The van der Waals surface area contributed by atoms with Crippen LogP contribution in [-0.2, 0) is 23.1 Å². The van der Waals surface area contributed by atoms with Crippen molar-refractivity contribution >= 4 is 30.8 Å². The second-order valence-corrected chi connectivity index (χ2v) is 8.51. The van der Waals surface area contributed by atoms with Gasteiger partial charge in [0.1, 0.15) is 6.10 Å². The van der Waals surface area contributed by atoms with Crippen LogP contribution in [0.5, 0.6) is 0 Å². The van der Waals surface area contributed by atoms with E-state index in [1.165, 1.54) is 5.56 Å². The number of anilines is 1. The minimum atomic E-state index is -0.0811. The van der Waals surface area contributed by atoms with Gasteiger partial charge in [-0.25, -0.2) is 4.98 Å². The quantitative estimate of drug-likeness (QED) is 0.512. The zero-order chi connectivity index (χ0) is 22.6. The fraction of sp³-hybridized carbons (Fsp3) is 0.400. The lowest BCUT2D eigenvalue weighted by atomic mass is 10.0. The third-order valence-corrected chi connectivity index (χ3v) is 6.27. The first-order valence-corrected chi connectivity index (χ1v) is 11.4. The van der Waals surface area contributed by atoms with Crippen molar-refractivity contribution in [3.8, 4) is 11.3 Å². The molecule has 1 atom stereocenters. The highest BCUT2D eigenvalue weighted by atomic mass is 35.5. The molecule has 2 fully saturated rings. The fourth-order valence-electron chi connectivity index (χ4n) is 4.42. The molecule has 0 N–H and O–H groups in total. The Hall–Kier alpha value is -2.49. The van der Waals surface area contributed by atoms with Crippen molar-refractivity contribution in [3.63, 3.8) is 0 Å². The molecule has 1 unspecified atom stereocenters. The number of pyridine rings is 1. The van der Waals surface area contributed by atoms with Crippen LogP contribution in [0, 0.1) is 0 Å². The Morgan fingerprint density at radius 1 is 1.00 bits per heavy atom. The Kier molecular flexibility index (Phi) is 9.65. The summed E-state index contributed by atoms with van der Waals surface area (Å²) in [6.45, 7) is 6.34. The van der Waals surface area contributed by atoms with Gasteiger partial charge in [0.25, 0.3) is 5.56 Å². The summed E-state index contributed by atoms with van der Waals surface area (Å²) < 4.78 is 13.2. The molecule has 0 amide bonds. The van der Waals surface area contributed by atoms with Crippen molar-refractivity contribution in [1.82, 2.24) is 19.4 Å². The number of ether oxygens (including phenoxy) is 2. The Morgan fingerprint density at radius 2 is 1.77 bits per heavy atom. The maximum Gasteiger partial charge on any atom is 0.255 e. The Labute approximate surface area is 217 Å². The smallest absolute Gasteiger partial charge is 0.255 e. The van der Waals surface area contributed by atoms with Crippen LogP contribution >= 0.6 is 24.8 Å². The van der Waals surface area contributed by atoms with Gasteiger partial charge in [0.05, 0.1) is 32.1 Å². The highest BCUT2D eigenvalue weighted by molar-refractivity contribution is 5.85. The van der Waals surface area contributed by atoms with Crippen molar-refractivity contribution in [1.29, 1.82) is 0 Å². The summed E-state index contributed by atoms with van der Waals surface area (Å²) >= 11 is 0. The molecule has 188 valence electrons. The van der Waals surface area contributed by atoms with Crippen LogP contribution in [-0.4, -0.2) is 65.4 Å². The molecule has 2 aliphatic rings. The Bertz CT molecular complexity index is 1160. The molecule has 0 spiro atoms. The molecule has 0 radical (unpaired) electrons.